The smallest absolute Gasteiger partial charge is 0.263 e. The molecular formula is C25H24N4O4S. The molecule has 34 heavy (non-hydrogen) atoms. The van der Waals surface area contributed by atoms with Crippen LogP contribution < -0.4 is 15.4 Å². The van der Waals surface area contributed by atoms with Crippen molar-refractivity contribution < 1.29 is 18.0 Å². The summed E-state index contributed by atoms with van der Waals surface area (Å²) in [6.07, 6.45) is 0.0994. The van der Waals surface area contributed by atoms with Gasteiger partial charge in [-0.3, -0.25) is 19.3 Å². The summed E-state index contributed by atoms with van der Waals surface area (Å²) in [5.41, 5.74) is 2.53. The zero-order valence-electron chi connectivity index (χ0n) is 18.5. The van der Waals surface area contributed by atoms with Crippen LogP contribution in [0.3, 0.4) is 0 Å². The molecule has 1 atom stereocenters. The van der Waals surface area contributed by atoms with E-state index in [0.29, 0.717) is 16.8 Å². The van der Waals surface area contributed by atoms with Gasteiger partial charge in [-0.15, -0.1) is 0 Å². The van der Waals surface area contributed by atoms with E-state index in [4.69, 9.17) is 0 Å². The van der Waals surface area contributed by atoms with Gasteiger partial charge in [0, 0.05) is 23.2 Å². The molecule has 1 aliphatic rings. The molecule has 1 aliphatic heterocycles. The first-order chi connectivity index (χ1) is 16.3. The number of nitrogens with one attached hydrogen (secondary N) is 3. The Morgan fingerprint density at radius 2 is 1.71 bits per heavy atom. The van der Waals surface area contributed by atoms with Crippen LogP contribution in [-0.4, -0.2) is 32.6 Å². The van der Waals surface area contributed by atoms with Crippen molar-refractivity contribution in [1.82, 2.24) is 10.0 Å². The van der Waals surface area contributed by atoms with Gasteiger partial charge in [0.05, 0.1) is 17.5 Å². The second-order valence-corrected chi connectivity index (χ2v) is 9.47. The topological polar surface area (TPSA) is 117 Å². The highest BCUT2D eigenvalue weighted by Gasteiger charge is 2.29. The van der Waals surface area contributed by atoms with Crippen molar-refractivity contribution in [2.45, 2.75) is 24.3 Å². The SMILES string of the molecule is CC(NC(=O)CCN=C1NS(=O)(=O)c2ccccc21)c1cccc(NC(=O)c2ccccc2)c1. The van der Waals surface area contributed by atoms with Gasteiger partial charge in [0.1, 0.15) is 5.84 Å². The molecule has 0 fully saturated rings. The molecule has 2 amide bonds. The third-order valence-electron chi connectivity index (χ3n) is 5.33. The van der Waals surface area contributed by atoms with Crippen molar-refractivity contribution in [1.29, 1.82) is 0 Å². The molecule has 0 radical (unpaired) electrons. The standard InChI is InChI=1S/C25H24N4O4S/c1-17(19-10-7-11-20(16-19)28-25(31)18-8-3-2-4-9-18)27-23(30)14-15-26-24-21-12-5-6-13-22(21)34(32,33)29-24/h2-13,16-17H,14-15H2,1H3,(H,26,29)(H,27,30)(H,28,31). The molecule has 0 saturated heterocycles. The molecule has 3 aromatic rings. The van der Waals surface area contributed by atoms with Crippen molar-refractivity contribution in [2.24, 2.45) is 4.99 Å². The molecule has 1 unspecified atom stereocenters. The lowest BCUT2D eigenvalue weighted by Gasteiger charge is -2.15. The lowest BCUT2D eigenvalue weighted by molar-refractivity contribution is -0.121. The number of carbonyl (C=O) groups is 2. The van der Waals surface area contributed by atoms with E-state index in [2.05, 4.69) is 20.3 Å². The Morgan fingerprint density at radius 3 is 2.50 bits per heavy atom. The molecule has 3 aromatic carbocycles. The van der Waals surface area contributed by atoms with E-state index < -0.39 is 10.0 Å². The molecule has 0 aliphatic carbocycles. The Labute approximate surface area is 198 Å². The number of hydrogen-bond donors (Lipinski definition) is 3. The second-order valence-electron chi connectivity index (χ2n) is 7.82. The first-order valence-electron chi connectivity index (χ1n) is 10.8. The molecule has 174 valence electrons. The minimum atomic E-state index is -3.60. The normalized spacial score (nSPS) is 15.7. The third-order valence-corrected chi connectivity index (χ3v) is 6.73. The van der Waals surface area contributed by atoms with Gasteiger partial charge in [0.25, 0.3) is 15.9 Å². The number of sulfonamides is 1. The Kier molecular flexibility index (Phi) is 6.74. The maximum atomic E-state index is 12.4. The fraction of sp³-hybridized carbons (Fsp3) is 0.160. The number of rotatable bonds is 7. The Hall–Kier alpha value is -3.98. The quantitative estimate of drug-likeness (QED) is 0.485. The van der Waals surface area contributed by atoms with Crippen LogP contribution in [0.15, 0.2) is 88.8 Å². The average Bonchev–Trinajstić information content (AvgIpc) is 3.10. The predicted molar refractivity (Wildman–Crippen MR) is 130 cm³/mol. The summed E-state index contributed by atoms with van der Waals surface area (Å²) < 4.78 is 26.7. The van der Waals surface area contributed by atoms with E-state index in [0.717, 1.165) is 5.56 Å². The number of aliphatic imine (C=N–C) groups is 1. The molecule has 3 N–H and O–H groups in total. The molecule has 1 heterocycles. The van der Waals surface area contributed by atoms with E-state index in [1.807, 2.05) is 31.2 Å². The fourth-order valence-corrected chi connectivity index (χ4v) is 4.85. The summed E-state index contributed by atoms with van der Waals surface area (Å²) in [6, 6.07) is 22.5. The number of nitrogens with zero attached hydrogens (tertiary/aromatic N) is 1. The van der Waals surface area contributed by atoms with Crippen LogP contribution in [0, 0.1) is 0 Å². The number of fused-ring (bicyclic) bond motifs is 1. The molecule has 4 rings (SSSR count). The average molecular weight is 477 g/mol. The van der Waals surface area contributed by atoms with Crippen LogP contribution in [-0.2, 0) is 14.8 Å². The number of amidine groups is 1. The highest BCUT2D eigenvalue weighted by Crippen LogP contribution is 2.22. The van der Waals surface area contributed by atoms with Gasteiger partial charge in [0.2, 0.25) is 5.91 Å². The summed E-state index contributed by atoms with van der Waals surface area (Å²) in [7, 11) is -3.60. The molecular weight excluding hydrogens is 452 g/mol. The van der Waals surface area contributed by atoms with Crippen molar-refractivity contribution in [3.8, 4) is 0 Å². The third kappa shape index (κ3) is 5.32. The first kappa shape index (κ1) is 23.2. The highest BCUT2D eigenvalue weighted by atomic mass is 32.2. The largest absolute Gasteiger partial charge is 0.350 e. The Morgan fingerprint density at radius 1 is 0.971 bits per heavy atom. The minimum absolute atomic E-state index is 0.0994. The fourth-order valence-electron chi connectivity index (χ4n) is 3.60. The number of amides is 2. The number of benzene rings is 3. The second kappa shape index (κ2) is 9.88. The number of carbonyl (C=O) groups excluding carboxylic acids is 2. The Balaban J connectivity index is 1.33. The van der Waals surface area contributed by atoms with Gasteiger partial charge in [-0.2, -0.15) is 0 Å². The maximum Gasteiger partial charge on any atom is 0.263 e. The van der Waals surface area contributed by atoms with Crippen LogP contribution >= 0.6 is 0 Å². The highest BCUT2D eigenvalue weighted by molar-refractivity contribution is 7.90. The summed E-state index contributed by atoms with van der Waals surface area (Å²) in [5, 5.41) is 5.77. The minimum Gasteiger partial charge on any atom is -0.350 e. The maximum absolute atomic E-state index is 12.4. The summed E-state index contributed by atoms with van der Waals surface area (Å²) >= 11 is 0. The van der Waals surface area contributed by atoms with Crippen molar-refractivity contribution in [2.75, 3.05) is 11.9 Å². The van der Waals surface area contributed by atoms with Crippen LogP contribution in [0.5, 0.6) is 0 Å². The van der Waals surface area contributed by atoms with Gasteiger partial charge in [-0.25, -0.2) is 8.42 Å². The lowest BCUT2D eigenvalue weighted by Crippen LogP contribution is -2.27. The molecule has 8 nitrogen and oxygen atoms in total. The van der Waals surface area contributed by atoms with Gasteiger partial charge < -0.3 is 10.6 Å². The molecule has 0 saturated carbocycles. The zero-order chi connectivity index (χ0) is 24.1. The lowest BCUT2D eigenvalue weighted by atomic mass is 10.1. The van der Waals surface area contributed by atoms with E-state index in [1.165, 1.54) is 6.07 Å². The molecule has 0 aromatic heterocycles. The van der Waals surface area contributed by atoms with Crippen molar-refractivity contribution in [3.05, 3.63) is 95.6 Å². The predicted octanol–water partition coefficient (Wildman–Crippen LogP) is 3.24. The van der Waals surface area contributed by atoms with E-state index in [9.17, 15) is 18.0 Å². The van der Waals surface area contributed by atoms with Gasteiger partial charge in [-0.1, -0.05) is 42.5 Å². The van der Waals surface area contributed by atoms with Gasteiger partial charge >= 0.3 is 0 Å². The number of hydrogen-bond acceptors (Lipinski definition) is 5. The monoisotopic (exact) mass is 476 g/mol. The van der Waals surface area contributed by atoms with E-state index in [1.54, 1.807) is 48.5 Å². The molecule has 0 spiro atoms. The Bertz CT molecular complexity index is 1350. The molecule has 0 bridgehead atoms. The zero-order valence-corrected chi connectivity index (χ0v) is 19.3. The van der Waals surface area contributed by atoms with Gasteiger partial charge in [-0.05, 0) is 48.9 Å². The van der Waals surface area contributed by atoms with Crippen LogP contribution in [0.4, 0.5) is 5.69 Å². The summed E-state index contributed by atoms with van der Waals surface area (Å²) in [5.74, 6) is -0.180. The summed E-state index contributed by atoms with van der Waals surface area (Å²) in [4.78, 5) is 29.3. The van der Waals surface area contributed by atoms with Gasteiger partial charge in [0.15, 0.2) is 0 Å². The van der Waals surface area contributed by atoms with Crippen LogP contribution in [0.1, 0.15) is 40.9 Å². The van der Waals surface area contributed by atoms with Crippen LogP contribution in [0.2, 0.25) is 0 Å². The van der Waals surface area contributed by atoms with E-state index in [-0.39, 0.29) is 41.6 Å². The van der Waals surface area contributed by atoms with Crippen molar-refractivity contribution in [3.63, 3.8) is 0 Å². The first-order valence-corrected chi connectivity index (χ1v) is 12.2. The van der Waals surface area contributed by atoms with E-state index >= 15 is 0 Å². The number of anilines is 1. The summed E-state index contributed by atoms with van der Waals surface area (Å²) in [6.45, 7) is 1.99. The van der Waals surface area contributed by atoms with Crippen molar-refractivity contribution >= 4 is 33.4 Å². The molecule has 9 heteroatoms. The van der Waals surface area contributed by atoms with Crippen LogP contribution in [0.25, 0.3) is 0 Å².